The third kappa shape index (κ3) is 3.54. The van der Waals surface area contributed by atoms with E-state index in [-0.39, 0.29) is 6.04 Å². The first-order valence-electron chi connectivity index (χ1n) is 6.77. The molecule has 1 unspecified atom stereocenters. The van der Waals surface area contributed by atoms with Gasteiger partial charge in [0.25, 0.3) is 0 Å². The van der Waals surface area contributed by atoms with E-state index in [0.29, 0.717) is 0 Å². The molecular weight excluding hydrogens is 312 g/mol. The van der Waals surface area contributed by atoms with E-state index in [9.17, 15) is 0 Å². The van der Waals surface area contributed by atoms with E-state index >= 15 is 0 Å². The summed E-state index contributed by atoms with van der Waals surface area (Å²) in [5.41, 5.74) is 4.90. The summed E-state index contributed by atoms with van der Waals surface area (Å²) in [6.45, 7) is 4.30. The van der Waals surface area contributed by atoms with Crippen molar-refractivity contribution in [3.05, 3.63) is 58.1 Å². The average Bonchev–Trinajstić information content (AvgIpc) is 2.39. The maximum Gasteiger partial charge on any atom is 0.0597 e. The van der Waals surface area contributed by atoms with Gasteiger partial charge in [0.15, 0.2) is 0 Å². The quantitative estimate of drug-likeness (QED) is 0.847. The fourth-order valence-electron chi connectivity index (χ4n) is 2.19. The van der Waals surface area contributed by atoms with Gasteiger partial charge in [-0.05, 0) is 37.6 Å². The van der Waals surface area contributed by atoms with Crippen LogP contribution in [0.1, 0.15) is 24.1 Å². The molecule has 2 rings (SSSR count). The number of anilines is 2. The van der Waals surface area contributed by atoms with Crippen LogP contribution >= 0.6 is 15.9 Å². The third-order valence-electron chi connectivity index (χ3n) is 3.39. The zero-order valence-electron chi connectivity index (χ0n) is 12.4. The van der Waals surface area contributed by atoms with Crippen molar-refractivity contribution >= 4 is 27.3 Å². The van der Waals surface area contributed by atoms with Crippen molar-refractivity contribution in [2.45, 2.75) is 19.9 Å². The fraction of sp³-hybridized carbons (Fsp3) is 0.294. The highest BCUT2D eigenvalue weighted by Gasteiger charge is 2.10. The van der Waals surface area contributed by atoms with E-state index in [0.717, 1.165) is 10.2 Å². The molecule has 0 aliphatic carbocycles. The van der Waals surface area contributed by atoms with Crippen LogP contribution in [0, 0.1) is 6.92 Å². The van der Waals surface area contributed by atoms with E-state index in [1.807, 2.05) is 0 Å². The second-order valence-corrected chi connectivity index (χ2v) is 6.25. The number of halogens is 1. The van der Waals surface area contributed by atoms with Crippen LogP contribution in [0.15, 0.2) is 46.9 Å². The molecule has 2 aromatic rings. The van der Waals surface area contributed by atoms with Crippen molar-refractivity contribution in [3.8, 4) is 0 Å². The Morgan fingerprint density at radius 2 is 1.70 bits per heavy atom. The number of aryl methyl sites for hydroxylation is 1. The summed E-state index contributed by atoms with van der Waals surface area (Å²) in [6.07, 6.45) is 0. The Balaban J connectivity index is 2.24. The lowest BCUT2D eigenvalue weighted by Crippen LogP contribution is -2.14. The maximum absolute atomic E-state index is 3.60. The number of nitrogens with one attached hydrogen (secondary N) is 1. The molecule has 20 heavy (non-hydrogen) atoms. The normalized spacial score (nSPS) is 12.1. The molecule has 2 aromatic carbocycles. The largest absolute Gasteiger partial charge is 0.377 e. The molecule has 0 aliphatic heterocycles. The summed E-state index contributed by atoms with van der Waals surface area (Å²) < 4.78 is 1.08. The van der Waals surface area contributed by atoms with Crippen LogP contribution in [-0.2, 0) is 0 Å². The molecule has 3 heteroatoms. The summed E-state index contributed by atoms with van der Waals surface area (Å²) in [6, 6.07) is 15.2. The molecule has 106 valence electrons. The van der Waals surface area contributed by atoms with Gasteiger partial charge in [-0.15, -0.1) is 0 Å². The molecule has 0 aromatic heterocycles. The summed E-state index contributed by atoms with van der Waals surface area (Å²) in [5, 5.41) is 3.60. The Bertz CT molecular complexity index is 576. The smallest absolute Gasteiger partial charge is 0.0597 e. The molecule has 0 amide bonds. The lowest BCUT2D eigenvalue weighted by molar-refractivity contribution is 0.882. The summed E-state index contributed by atoms with van der Waals surface area (Å²) >= 11 is 3.54. The second-order valence-electron chi connectivity index (χ2n) is 5.33. The molecule has 0 spiro atoms. The maximum atomic E-state index is 3.60. The Hall–Kier alpha value is -1.48. The SMILES string of the molecule is Cc1ccc(C(C)Nc2cc(Br)ccc2N(C)C)cc1. The summed E-state index contributed by atoms with van der Waals surface area (Å²) in [4.78, 5) is 2.12. The Kier molecular flexibility index (Phi) is 4.71. The predicted octanol–water partition coefficient (Wildman–Crippen LogP) is 5.00. The monoisotopic (exact) mass is 332 g/mol. The van der Waals surface area contributed by atoms with Crippen LogP contribution in [0.2, 0.25) is 0 Å². The minimum absolute atomic E-state index is 0.267. The molecule has 1 N–H and O–H groups in total. The van der Waals surface area contributed by atoms with E-state index in [1.54, 1.807) is 0 Å². The molecule has 0 saturated heterocycles. The summed E-state index contributed by atoms with van der Waals surface area (Å²) in [7, 11) is 4.12. The van der Waals surface area contributed by atoms with Gasteiger partial charge in [0.1, 0.15) is 0 Å². The highest BCUT2D eigenvalue weighted by atomic mass is 79.9. The second kappa shape index (κ2) is 6.31. The van der Waals surface area contributed by atoms with Gasteiger partial charge in [0, 0.05) is 24.6 Å². The van der Waals surface area contributed by atoms with Crippen molar-refractivity contribution in [2.24, 2.45) is 0 Å². The van der Waals surface area contributed by atoms with Gasteiger partial charge in [-0.3, -0.25) is 0 Å². The van der Waals surface area contributed by atoms with E-state index in [4.69, 9.17) is 0 Å². The van der Waals surface area contributed by atoms with Crippen molar-refractivity contribution in [3.63, 3.8) is 0 Å². The van der Waals surface area contributed by atoms with Crippen LogP contribution in [0.3, 0.4) is 0 Å². The number of hydrogen-bond donors (Lipinski definition) is 1. The first-order chi connectivity index (χ1) is 9.47. The van der Waals surface area contributed by atoms with Gasteiger partial charge in [0.2, 0.25) is 0 Å². The predicted molar refractivity (Wildman–Crippen MR) is 91.7 cm³/mol. The Morgan fingerprint density at radius 3 is 2.30 bits per heavy atom. The topological polar surface area (TPSA) is 15.3 Å². The highest BCUT2D eigenvalue weighted by Crippen LogP contribution is 2.31. The van der Waals surface area contributed by atoms with Crippen molar-refractivity contribution < 1.29 is 0 Å². The minimum Gasteiger partial charge on any atom is -0.377 e. The molecule has 0 aliphatic rings. The average molecular weight is 333 g/mol. The van der Waals surface area contributed by atoms with Crippen molar-refractivity contribution in [1.29, 1.82) is 0 Å². The molecule has 0 fully saturated rings. The lowest BCUT2D eigenvalue weighted by atomic mass is 10.1. The number of benzene rings is 2. The fourth-order valence-corrected chi connectivity index (χ4v) is 2.55. The first-order valence-corrected chi connectivity index (χ1v) is 7.56. The number of rotatable bonds is 4. The molecule has 0 saturated carbocycles. The first kappa shape index (κ1) is 14.9. The standard InChI is InChI=1S/C17H21BrN2/c1-12-5-7-14(8-6-12)13(2)19-16-11-15(18)9-10-17(16)20(3)4/h5-11,13,19H,1-4H3. The van der Waals surface area contributed by atoms with Gasteiger partial charge in [0.05, 0.1) is 11.4 Å². The zero-order chi connectivity index (χ0) is 14.7. The molecule has 0 radical (unpaired) electrons. The Morgan fingerprint density at radius 1 is 1.05 bits per heavy atom. The minimum atomic E-state index is 0.267. The van der Waals surface area contributed by atoms with E-state index in [1.165, 1.54) is 16.8 Å². The van der Waals surface area contributed by atoms with Crippen LogP contribution in [-0.4, -0.2) is 14.1 Å². The number of nitrogens with zero attached hydrogens (tertiary/aromatic N) is 1. The van der Waals surface area contributed by atoms with Crippen molar-refractivity contribution in [2.75, 3.05) is 24.3 Å². The van der Waals surface area contributed by atoms with Gasteiger partial charge >= 0.3 is 0 Å². The van der Waals surface area contributed by atoms with Gasteiger partial charge in [-0.1, -0.05) is 45.8 Å². The van der Waals surface area contributed by atoms with Gasteiger partial charge in [-0.2, -0.15) is 0 Å². The third-order valence-corrected chi connectivity index (χ3v) is 3.88. The molecule has 0 bridgehead atoms. The molecule has 0 heterocycles. The van der Waals surface area contributed by atoms with Crippen LogP contribution in [0.5, 0.6) is 0 Å². The molecule has 2 nitrogen and oxygen atoms in total. The number of hydrogen-bond acceptors (Lipinski definition) is 2. The Labute approximate surface area is 129 Å². The van der Waals surface area contributed by atoms with Crippen LogP contribution in [0.4, 0.5) is 11.4 Å². The summed E-state index contributed by atoms with van der Waals surface area (Å²) in [5.74, 6) is 0. The van der Waals surface area contributed by atoms with Crippen molar-refractivity contribution in [1.82, 2.24) is 0 Å². The van der Waals surface area contributed by atoms with Gasteiger partial charge < -0.3 is 10.2 Å². The van der Waals surface area contributed by atoms with E-state index < -0.39 is 0 Å². The highest BCUT2D eigenvalue weighted by molar-refractivity contribution is 9.10. The van der Waals surface area contributed by atoms with Gasteiger partial charge in [-0.25, -0.2) is 0 Å². The molecular formula is C17H21BrN2. The lowest BCUT2D eigenvalue weighted by Gasteiger charge is -2.22. The van der Waals surface area contributed by atoms with E-state index in [2.05, 4.69) is 96.6 Å². The van der Waals surface area contributed by atoms with Crippen LogP contribution in [0.25, 0.3) is 0 Å². The van der Waals surface area contributed by atoms with Crippen LogP contribution < -0.4 is 10.2 Å². The molecule has 1 atom stereocenters. The zero-order valence-corrected chi connectivity index (χ0v) is 14.0.